The van der Waals surface area contributed by atoms with Crippen LogP contribution in [0.25, 0.3) is 0 Å². The van der Waals surface area contributed by atoms with E-state index in [0.29, 0.717) is 16.3 Å². The second-order valence-electron chi connectivity index (χ2n) is 7.10. The van der Waals surface area contributed by atoms with Crippen LogP contribution < -0.4 is 15.4 Å². The van der Waals surface area contributed by atoms with Gasteiger partial charge in [0.05, 0.1) is 24.2 Å². The molecule has 0 bridgehead atoms. The summed E-state index contributed by atoms with van der Waals surface area (Å²) in [6, 6.07) is 17.9. The van der Waals surface area contributed by atoms with Crippen LogP contribution in [0.3, 0.4) is 0 Å². The van der Waals surface area contributed by atoms with Crippen molar-refractivity contribution in [2.75, 3.05) is 17.7 Å². The summed E-state index contributed by atoms with van der Waals surface area (Å²) in [5, 5.41) is 6.03. The first kappa shape index (κ1) is 21.4. The molecule has 0 aromatic heterocycles. The Morgan fingerprint density at radius 3 is 2.20 bits per heavy atom. The highest BCUT2D eigenvalue weighted by atomic mass is 35.5. The van der Waals surface area contributed by atoms with Crippen molar-refractivity contribution in [2.45, 2.75) is 20.3 Å². The molecule has 3 rings (SSSR count). The average molecular weight is 423 g/mol. The third-order valence-electron chi connectivity index (χ3n) is 4.51. The highest BCUT2D eigenvalue weighted by molar-refractivity contribution is 6.34. The number of carbonyl (C=O) groups excluding carboxylic acids is 2. The summed E-state index contributed by atoms with van der Waals surface area (Å²) in [5.74, 6) is 0.223. The first-order chi connectivity index (χ1) is 14.3. The summed E-state index contributed by atoms with van der Waals surface area (Å²) < 4.78 is 5.12. The zero-order valence-electron chi connectivity index (χ0n) is 17.1. The zero-order valence-corrected chi connectivity index (χ0v) is 17.8. The van der Waals surface area contributed by atoms with Crippen LogP contribution in [0, 0.1) is 13.8 Å². The van der Waals surface area contributed by atoms with E-state index in [9.17, 15) is 9.59 Å². The molecule has 0 spiro atoms. The number of hydrogen-bond acceptors (Lipinski definition) is 3. The molecule has 2 amide bonds. The number of benzene rings is 3. The highest BCUT2D eigenvalue weighted by Crippen LogP contribution is 2.24. The van der Waals surface area contributed by atoms with Gasteiger partial charge >= 0.3 is 0 Å². The molecule has 0 fully saturated rings. The van der Waals surface area contributed by atoms with Crippen molar-refractivity contribution < 1.29 is 14.3 Å². The average Bonchev–Trinajstić information content (AvgIpc) is 2.69. The van der Waals surface area contributed by atoms with Crippen LogP contribution in [0.2, 0.25) is 5.02 Å². The van der Waals surface area contributed by atoms with Crippen molar-refractivity contribution in [3.63, 3.8) is 0 Å². The Balaban J connectivity index is 1.70. The van der Waals surface area contributed by atoms with Gasteiger partial charge in [-0.15, -0.1) is 0 Å². The number of anilines is 2. The summed E-state index contributed by atoms with van der Waals surface area (Å²) in [7, 11) is 1.59. The van der Waals surface area contributed by atoms with E-state index in [1.165, 1.54) is 0 Å². The highest BCUT2D eigenvalue weighted by Gasteiger charge is 2.12. The van der Waals surface area contributed by atoms with Gasteiger partial charge in [-0.3, -0.25) is 9.59 Å². The molecule has 0 aliphatic carbocycles. The number of rotatable bonds is 6. The Morgan fingerprint density at radius 1 is 0.900 bits per heavy atom. The van der Waals surface area contributed by atoms with Crippen molar-refractivity contribution in [1.82, 2.24) is 0 Å². The summed E-state index contributed by atoms with van der Waals surface area (Å²) in [5.41, 5.74) is 4.48. The largest absolute Gasteiger partial charge is 0.497 e. The summed E-state index contributed by atoms with van der Waals surface area (Å²) in [6.45, 7) is 3.95. The van der Waals surface area contributed by atoms with E-state index in [2.05, 4.69) is 10.6 Å². The molecule has 3 aromatic carbocycles. The lowest BCUT2D eigenvalue weighted by atomic mass is 10.1. The van der Waals surface area contributed by atoms with Crippen LogP contribution in [0.1, 0.15) is 27.0 Å². The minimum Gasteiger partial charge on any atom is -0.497 e. The van der Waals surface area contributed by atoms with Gasteiger partial charge in [-0.05, 0) is 73.0 Å². The van der Waals surface area contributed by atoms with Gasteiger partial charge in [0.1, 0.15) is 5.75 Å². The molecular formula is C24H23ClN2O3. The van der Waals surface area contributed by atoms with Gasteiger partial charge in [0.2, 0.25) is 5.91 Å². The summed E-state index contributed by atoms with van der Waals surface area (Å²) in [4.78, 5) is 25.1. The second-order valence-corrected chi connectivity index (χ2v) is 7.51. The molecule has 0 aliphatic rings. The van der Waals surface area contributed by atoms with Crippen LogP contribution in [-0.2, 0) is 11.2 Å². The third-order valence-corrected chi connectivity index (χ3v) is 4.84. The van der Waals surface area contributed by atoms with Crippen LogP contribution in [0.4, 0.5) is 11.4 Å². The van der Waals surface area contributed by atoms with Crippen molar-refractivity contribution >= 4 is 34.8 Å². The van der Waals surface area contributed by atoms with E-state index >= 15 is 0 Å². The molecule has 3 aromatic rings. The predicted molar refractivity (Wildman–Crippen MR) is 121 cm³/mol. The van der Waals surface area contributed by atoms with Crippen molar-refractivity contribution in [2.24, 2.45) is 0 Å². The molecule has 0 heterocycles. The van der Waals surface area contributed by atoms with Gasteiger partial charge < -0.3 is 15.4 Å². The topological polar surface area (TPSA) is 67.4 Å². The number of methoxy groups -OCH3 is 1. The first-order valence-corrected chi connectivity index (χ1v) is 9.84. The van der Waals surface area contributed by atoms with Crippen LogP contribution in [0.5, 0.6) is 5.75 Å². The lowest BCUT2D eigenvalue weighted by molar-refractivity contribution is -0.115. The normalized spacial score (nSPS) is 10.4. The molecule has 0 unspecified atom stereocenters. The fraction of sp³-hybridized carbons (Fsp3) is 0.167. The van der Waals surface area contributed by atoms with Gasteiger partial charge in [0, 0.05) is 11.3 Å². The lowest BCUT2D eigenvalue weighted by Crippen LogP contribution is -2.16. The first-order valence-electron chi connectivity index (χ1n) is 9.46. The molecule has 6 heteroatoms. The fourth-order valence-electron chi connectivity index (χ4n) is 3.14. The van der Waals surface area contributed by atoms with Crippen LogP contribution in [0.15, 0.2) is 60.7 Å². The standard InChI is InChI=1S/C24H23ClN2O3/c1-15-10-16(2)12-19(11-15)26-24(29)18-6-9-21(25)22(14-18)27-23(28)13-17-4-7-20(30-3)8-5-17/h4-12,14H,13H2,1-3H3,(H,26,29)(H,27,28). The van der Waals surface area contributed by atoms with E-state index in [1.807, 2.05) is 44.2 Å². The number of nitrogens with one attached hydrogen (secondary N) is 2. The molecule has 30 heavy (non-hydrogen) atoms. The maximum absolute atomic E-state index is 12.7. The molecule has 0 saturated heterocycles. The molecule has 0 saturated carbocycles. The Kier molecular flexibility index (Phi) is 6.75. The van der Waals surface area contributed by atoms with E-state index in [1.54, 1.807) is 37.4 Å². The third kappa shape index (κ3) is 5.61. The SMILES string of the molecule is COc1ccc(CC(=O)Nc2cc(C(=O)Nc3cc(C)cc(C)c3)ccc2Cl)cc1. The van der Waals surface area contributed by atoms with E-state index in [0.717, 1.165) is 28.1 Å². The van der Waals surface area contributed by atoms with E-state index in [4.69, 9.17) is 16.3 Å². The minimum absolute atomic E-state index is 0.180. The quantitative estimate of drug-likeness (QED) is 0.559. The minimum atomic E-state index is -0.276. The van der Waals surface area contributed by atoms with Gasteiger partial charge in [0.15, 0.2) is 0 Å². The van der Waals surface area contributed by atoms with Gasteiger partial charge in [-0.2, -0.15) is 0 Å². The number of carbonyl (C=O) groups is 2. The van der Waals surface area contributed by atoms with E-state index < -0.39 is 0 Å². The molecule has 2 N–H and O–H groups in total. The Labute approximate surface area is 181 Å². The van der Waals surface area contributed by atoms with E-state index in [-0.39, 0.29) is 18.2 Å². The molecule has 0 radical (unpaired) electrons. The molecular weight excluding hydrogens is 400 g/mol. The fourth-order valence-corrected chi connectivity index (χ4v) is 3.30. The molecule has 154 valence electrons. The molecule has 0 aliphatic heterocycles. The Morgan fingerprint density at radius 2 is 1.57 bits per heavy atom. The van der Waals surface area contributed by atoms with Gasteiger partial charge in [-0.25, -0.2) is 0 Å². The molecule has 5 nitrogen and oxygen atoms in total. The van der Waals surface area contributed by atoms with Crippen molar-refractivity contribution in [3.05, 3.63) is 87.9 Å². The van der Waals surface area contributed by atoms with Crippen molar-refractivity contribution in [1.29, 1.82) is 0 Å². The predicted octanol–water partition coefficient (Wildman–Crippen LogP) is 5.40. The number of ether oxygens (including phenoxy) is 1. The van der Waals surface area contributed by atoms with Gasteiger partial charge in [-0.1, -0.05) is 29.8 Å². The summed E-state index contributed by atoms with van der Waals surface area (Å²) >= 11 is 6.23. The molecule has 0 atom stereocenters. The Hall–Kier alpha value is -3.31. The zero-order chi connectivity index (χ0) is 21.7. The second kappa shape index (κ2) is 9.46. The van der Waals surface area contributed by atoms with Crippen molar-refractivity contribution in [3.8, 4) is 5.75 Å². The maximum Gasteiger partial charge on any atom is 0.255 e. The Bertz CT molecular complexity index is 1060. The number of hydrogen-bond donors (Lipinski definition) is 2. The lowest BCUT2D eigenvalue weighted by Gasteiger charge is -2.11. The maximum atomic E-state index is 12.7. The summed E-state index contributed by atoms with van der Waals surface area (Å²) in [6.07, 6.45) is 0.180. The van der Waals surface area contributed by atoms with Crippen LogP contribution >= 0.6 is 11.6 Å². The number of halogens is 1. The van der Waals surface area contributed by atoms with Crippen LogP contribution in [-0.4, -0.2) is 18.9 Å². The number of amides is 2. The van der Waals surface area contributed by atoms with Gasteiger partial charge in [0.25, 0.3) is 5.91 Å². The number of aryl methyl sites for hydroxylation is 2. The monoisotopic (exact) mass is 422 g/mol. The smallest absolute Gasteiger partial charge is 0.255 e.